The zero-order valence-electron chi connectivity index (χ0n) is 14.0. The highest BCUT2D eigenvalue weighted by atomic mass is 35.5. The lowest BCUT2D eigenvalue weighted by molar-refractivity contribution is -0.173. The van der Waals surface area contributed by atoms with Crippen LogP contribution in [-0.2, 0) is 19.1 Å². The third-order valence-corrected chi connectivity index (χ3v) is 4.06. The molecule has 0 aromatic heterocycles. The Morgan fingerprint density at radius 1 is 1.05 bits per heavy atom. The molecule has 0 aliphatic carbocycles. The SMILES string of the molecule is C=CC(Cl)C(CCC)(C(=O)OCCCC)C(=O)OCCCC. The maximum atomic E-state index is 12.5. The normalized spacial score (nSPS) is 12.5. The summed E-state index contributed by atoms with van der Waals surface area (Å²) in [5, 5.41) is -0.851. The van der Waals surface area contributed by atoms with E-state index in [-0.39, 0.29) is 19.6 Å². The number of carbonyl (C=O) groups excluding carboxylic acids is 2. The minimum atomic E-state index is -1.50. The van der Waals surface area contributed by atoms with Gasteiger partial charge in [-0.25, -0.2) is 0 Å². The second kappa shape index (κ2) is 11.5. The minimum Gasteiger partial charge on any atom is -0.465 e. The molecule has 0 rings (SSSR count). The van der Waals surface area contributed by atoms with Crippen molar-refractivity contribution in [2.24, 2.45) is 5.41 Å². The summed E-state index contributed by atoms with van der Waals surface area (Å²) < 4.78 is 10.6. The van der Waals surface area contributed by atoms with E-state index in [1.165, 1.54) is 6.08 Å². The van der Waals surface area contributed by atoms with E-state index < -0.39 is 22.7 Å². The van der Waals surface area contributed by atoms with Crippen LogP contribution >= 0.6 is 11.6 Å². The van der Waals surface area contributed by atoms with Crippen LogP contribution in [0, 0.1) is 5.41 Å². The fourth-order valence-electron chi connectivity index (χ4n) is 2.12. The predicted octanol–water partition coefficient (Wildman–Crippen LogP) is 4.25. The minimum absolute atomic E-state index is 0.281. The van der Waals surface area contributed by atoms with E-state index in [0.29, 0.717) is 6.42 Å². The van der Waals surface area contributed by atoms with Gasteiger partial charge in [0, 0.05) is 0 Å². The number of unbranched alkanes of at least 4 members (excludes halogenated alkanes) is 2. The molecule has 0 N–H and O–H groups in total. The lowest BCUT2D eigenvalue weighted by Crippen LogP contribution is -2.48. The molecule has 4 nitrogen and oxygen atoms in total. The molecule has 0 fully saturated rings. The van der Waals surface area contributed by atoms with Crippen molar-refractivity contribution in [3.8, 4) is 0 Å². The Balaban J connectivity index is 5.26. The summed E-state index contributed by atoms with van der Waals surface area (Å²) >= 11 is 6.26. The van der Waals surface area contributed by atoms with Gasteiger partial charge in [-0.2, -0.15) is 0 Å². The number of carbonyl (C=O) groups is 2. The van der Waals surface area contributed by atoms with Gasteiger partial charge in [-0.3, -0.25) is 9.59 Å². The summed E-state index contributed by atoms with van der Waals surface area (Å²) in [6.07, 6.45) is 5.60. The van der Waals surface area contributed by atoms with Gasteiger partial charge >= 0.3 is 11.9 Å². The maximum absolute atomic E-state index is 12.5. The molecule has 0 aromatic carbocycles. The van der Waals surface area contributed by atoms with Crippen molar-refractivity contribution in [2.45, 2.75) is 64.7 Å². The van der Waals surface area contributed by atoms with E-state index in [4.69, 9.17) is 21.1 Å². The molecule has 0 aliphatic rings. The van der Waals surface area contributed by atoms with Crippen molar-refractivity contribution < 1.29 is 19.1 Å². The first-order valence-corrected chi connectivity index (χ1v) is 8.55. The van der Waals surface area contributed by atoms with Crippen LogP contribution in [0.1, 0.15) is 59.3 Å². The number of allylic oxidation sites excluding steroid dienone is 1. The van der Waals surface area contributed by atoms with Crippen LogP contribution in [-0.4, -0.2) is 30.5 Å². The van der Waals surface area contributed by atoms with E-state index in [1.807, 2.05) is 20.8 Å². The Kier molecular flexibility index (Phi) is 11.0. The highest BCUT2D eigenvalue weighted by Crippen LogP contribution is 2.36. The fraction of sp³-hybridized carbons (Fsp3) is 0.765. The van der Waals surface area contributed by atoms with E-state index in [0.717, 1.165) is 25.7 Å². The van der Waals surface area contributed by atoms with Gasteiger partial charge < -0.3 is 9.47 Å². The summed E-state index contributed by atoms with van der Waals surface area (Å²) in [6, 6.07) is 0. The first-order chi connectivity index (χ1) is 10.5. The van der Waals surface area contributed by atoms with Crippen LogP contribution in [0.2, 0.25) is 0 Å². The fourth-order valence-corrected chi connectivity index (χ4v) is 2.41. The van der Waals surface area contributed by atoms with Crippen LogP contribution in [0.3, 0.4) is 0 Å². The second-order valence-electron chi connectivity index (χ2n) is 5.34. The average molecular weight is 333 g/mol. The van der Waals surface area contributed by atoms with Gasteiger partial charge in [-0.15, -0.1) is 18.2 Å². The number of hydrogen-bond acceptors (Lipinski definition) is 4. The topological polar surface area (TPSA) is 52.6 Å². The smallest absolute Gasteiger partial charge is 0.325 e. The number of alkyl halides is 1. The number of hydrogen-bond donors (Lipinski definition) is 0. The Hall–Kier alpha value is -1.03. The second-order valence-corrected chi connectivity index (χ2v) is 5.81. The molecule has 0 aliphatic heterocycles. The third-order valence-electron chi connectivity index (χ3n) is 3.51. The van der Waals surface area contributed by atoms with Gasteiger partial charge in [0.1, 0.15) is 0 Å². The quantitative estimate of drug-likeness (QED) is 0.176. The van der Waals surface area contributed by atoms with Gasteiger partial charge in [0.05, 0.1) is 18.6 Å². The molecule has 128 valence electrons. The van der Waals surface area contributed by atoms with Gasteiger partial charge in [0.2, 0.25) is 0 Å². The average Bonchev–Trinajstić information content (AvgIpc) is 2.52. The molecule has 1 unspecified atom stereocenters. The Morgan fingerprint density at radius 3 is 1.82 bits per heavy atom. The molecule has 0 amide bonds. The van der Waals surface area contributed by atoms with Crippen molar-refractivity contribution in [1.29, 1.82) is 0 Å². The van der Waals surface area contributed by atoms with E-state index in [2.05, 4.69) is 6.58 Å². The van der Waals surface area contributed by atoms with Crippen LogP contribution in [0.4, 0.5) is 0 Å². The largest absolute Gasteiger partial charge is 0.465 e. The van der Waals surface area contributed by atoms with E-state index in [1.54, 1.807) is 0 Å². The van der Waals surface area contributed by atoms with Crippen molar-refractivity contribution >= 4 is 23.5 Å². The molecule has 1 atom stereocenters. The van der Waals surface area contributed by atoms with Crippen LogP contribution in [0.15, 0.2) is 12.7 Å². The van der Waals surface area contributed by atoms with Crippen LogP contribution in [0.25, 0.3) is 0 Å². The standard InChI is InChI=1S/C17H29ClO4/c1-5-9-12-21-15(19)17(11-7-3,14(18)8-4)16(20)22-13-10-6-2/h8,14H,4-7,9-13H2,1-3H3. The maximum Gasteiger partial charge on any atom is 0.325 e. The van der Waals surface area contributed by atoms with Crippen LogP contribution < -0.4 is 0 Å². The number of ether oxygens (including phenoxy) is 2. The monoisotopic (exact) mass is 332 g/mol. The van der Waals surface area contributed by atoms with Crippen LogP contribution in [0.5, 0.6) is 0 Å². The van der Waals surface area contributed by atoms with Gasteiger partial charge in [0.15, 0.2) is 5.41 Å². The van der Waals surface area contributed by atoms with E-state index >= 15 is 0 Å². The molecular weight excluding hydrogens is 304 g/mol. The zero-order valence-corrected chi connectivity index (χ0v) is 14.8. The lowest BCUT2D eigenvalue weighted by Gasteiger charge is -2.31. The van der Waals surface area contributed by atoms with Gasteiger partial charge in [-0.05, 0) is 19.3 Å². The highest BCUT2D eigenvalue weighted by molar-refractivity contribution is 6.26. The Bertz CT molecular complexity index is 333. The molecule has 5 heteroatoms. The van der Waals surface area contributed by atoms with Crippen molar-refractivity contribution in [1.82, 2.24) is 0 Å². The van der Waals surface area contributed by atoms with Crippen molar-refractivity contribution in [3.63, 3.8) is 0 Å². The van der Waals surface area contributed by atoms with Gasteiger partial charge in [0.25, 0.3) is 0 Å². The molecular formula is C17H29ClO4. The van der Waals surface area contributed by atoms with E-state index in [9.17, 15) is 9.59 Å². The summed E-state index contributed by atoms with van der Waals surface area (Å²) in [4.78, 5) is 25.1. The highest BCUT2D eigenvalue weighted by Gasteiger charge is 2.52. The predicted molar refractivity (Wildman–Crippen MR) is 88.9 cm³/mol. The summed E-state index contributed by atoms with van der Waals surface area (Å²) in [6.45, 7) is 10.1. The summed E-state index contributed by atoms with van der Waals surface area (Å²) in [7, 11) is 0. The first kappa shape index (κ1) is 21.0. The lowest BCUT2D eigenvalue weighted by atomic mass is 9.79. The Morgan fingerprint density at radius 2 is 1.50 bits per heavy atom. The molecule has 22 heavy (non-hydrogen) atoms. The molecule has 0 saturated heterocycles. The molecule has 0 spiro atoms. The molecule has 0 saturated carbocycles. The number of esters is 2. The van der Waals surface area contributed by atoms with Crippen molar-refractivity contribution in [2.75, 3.05) is 13.2 Å². The third kappa shape index (κ3) is 5.64. The molecule has 0 radical (unpaired) electrons. The van der Waals surface area contributed by atoms with Crippen molar-refractivity contribution in [3.05, 3.63) is 12.7 Å². The summed E-state index contributed by atoms with van der Waals surface area (Å²) in [5.41, 5.74) is -1.50. The zero-order chi connectivity index (χ0) is 17.0. The first-order valence-electron chi connectivity index (χ1n) is 8.12. The molecule has 0 aromatic rings. The summed E-state index contributed by atoms with van der Waals surface area (Å²) in [5.74, 6) is -1.21. The Labute approximate surface area is 139 Å². The number of halogens is 1. The molecule has 0 bridgehead atoms. The van der Waals surface area contributed by atoms with Gasteiger partial charge in [-0.1, -0.05) is 46.1 Å². The number of rotatable bonds is 12. The molecule has 0 heterocycles.